The van der Waals surface area contributed by atoms with Crippen LogP contribution in [0.15, 0.2) is 48.5 Å². The Kier molecular flexibility index (Phi) is 4.98. The van der Waals surface area contributed by atoms with Gasteiger partial charge in [-0.25, -0.2) is 4.79 Å². The predicted octanol–water partition coefficient (Wildman–Crippen LogP) is 4.63. The molecule has 1 aliphatic heterocycles. The summed E-state index contributed by atoms with van der Waals surface area (Å²) >= 11 is 8.01. The van der Waals surface area contributed by atoms with Crippen LogP contribution in [0.2, 0.25) is 5.02 Å². The van der Waals surface area contributed by atoms with Crippen LogP contribution in [-0.4, -0.2) is 30.3 Å². The van der Waals surface area contributed by atoms with Gasteiger partial charge in [0, 0.05) is 34.6 Å². The third-order valence-corrected chi connectivity index (χ3v) is 5.23. The zero-order chi connectivity index (χ0) is 16.2. The van der Waals surface area contributed by atoms with E-state index < -0.39 is 0 Å². The number of methoxy groups -OCH3 is 1. The van der Waals surface area contributed by atoms with Gasteiger partial charge in [0.1, 0.15) is 11.1 Å². The summed E-state index contributed by atoms with van der Waals surface area (Å²) in [6, 6.07) is 14.9. The maximum Gasteiger partial charge on any atom is 0.323 e. The normalized spacial score (nSPS) is 17.1. The van der Waals surface area contributed by atoms with Gasteiger partial charge < -0.3 is 15.0 Å². The molecule has 0 radical (unpaired) electrons. The maximum atomic E-state index is 12.6. The first-order valence-electron chi connectivity index (χ1n) is 7.27. The van der Waals surface area contributed by atoms with Gasteiger partial charge in [-0.1, -0.05) is 35.9 Å². The number of amides is 2. The highest BCUT2D eigenvalue weighted by Crippen LogP contribution is 2.41. The van der Waals surface area contributed by atoms with E-state index >= 15 is 0 Å². The van der Waals surface area contributed by atoms with E-state index in [0.29, 0.717) is 23.0 Å². The van der Waals surface area contributed by atoms with Gasteiger partial charge in [0.05, 0.1) is 7.11 Å². The zero-order valence-electron chi connectivity index (χ0n) is 12.7. The van der Waals surface area contributed by atoms with Crippen LogP contribution in [0.25, 0.3) is 0 Å². The summed E-state index contributed by atoms with van der Waals surface area (Å²) in [7, 11) is 1.60. The van der Waals surface area contributed by atoms with Crippen molar-refractivity contribution in [1.29, 1.82) is 0 Å². The van der Waals surface area contributed by atoms with E-state index in [4.69, 9.17) is 16.3 Å². The molecule has 4 nitrogen and oxygen atoms in total. The quantitative estimate of drug-likeness (QED) is 0.879. The number of nitrogens with zero attached hydrogens (tertiary/aromatic N) is 1. The van der Waals surface area contributed by atoms with E-state index in [9.17, 15) is 4.79 Å². The molecular weight excluding hydrogens is 332 g/mol. The highest BCUT2D eigenvalue weighted by Gasteiger charge is 2.31. The summed E-state index contributed by atoms with van der Waals surface area (Å²) in [5.74, 6) is 1.60. The Morgan fingerprint density at radius 1 is 1.30 bits per heavy atom. The highest BCUT2D eigenvalue weighted by molar-refractivity contribution is 7.99. The first-order valence-corrected chi connectivity index (χ1v) is 8.69. The molecule has 0 spiro atoms. The number of carbonyl (C=O) groups is 1. The average Bonchev–Trinajstić information content (AvgIpc) is 3.05. The molecule has 1 heterocycles. The first-order chi connectivity index (χ1) is 11.2. The average molecular weight is 349 g/mol. The Labute approximate surface area is 144 Å². The van der Waals surface area contributed by atoms with Gasteiger partial charge in [-0.2, -0.15) is 0 Å². The molecule has 3 rings (SSSR count). The number of anilines is 1. The number of urea groups is 1. The van der Waals surface area contributed by atoms with Crippen LogP contribution in [0, 0.1) is 0 Å². The van der Waals surface area contributed by atoms with E-state index in [0.717, 1.165) is 11.3 Å². The Morgan fingerprint density at radius 2 is 2.13 bits per heavy atom. The van der Waals surface area contributed by atoms with Crippen molar-refractivity contribution >= 4 is 35.1 Å². The fraction of sp³-hybridized carbons (Fsp3) is 0.235. The van der Waals surface area contributed by atoms with Crippen molar-refractivity contribution in [3.8, 4) is 5.75 Å². The lowest BCUT2D eigenvalue weighted by molar-refractivity contribution is 0.214. The molecule has 1 unspecified atom stereocenters. The molecule has 23 heavy (non-hydrogen) atoms. The number of carbonyl (C=O) groups excluding carboxylic acids is 1. The number of rotatable bonds is 3. The van der Waals surface area contributed by atoms with E-state index in [-0.39, 0.29) is 11.4 Å². The largest absolute Gasteiger partial charge is 0.497 e. The minimum atomic E-state index is -0.131. The number of thioether (sulfide) groups is 1. The highest BCUT2D eigenvalue weighted by atomic mass is 35.5. The second-order valence-electron chi connectivity index (χ2n) is 5.10. The van der Waals surface area contributed by atoms with E-state index in [1.165, 1.54) is 0 Å². The molecule has 6 heteroatoms. The molecule has 2 amide bonds. The van der Waals surface area contributed by atoms with Crippen LogP contribution in [0.4, 0.5) is 10.5 Å². The van der Waals surface area contributed by atoms with Gasteiger partial charge in [-0.15, -0.1) is 11.8 Å². The molecule has 1 N–H and O–H groups in total. The molecule has 0 bridgehead atoms. The van der Waals surface area contributed by atoms with Gasteiger partial charge in [-0.05, 0) is 18.2 Å². The topological polar surface area (TPSA) is 41.6 Å². The van der Waals surface area contributed by atoms with Crippen LogP contribution < -0.4 is 10.1 Å². The molecular formula is C17H17ClN2O2S. The van der Waals surface area contributed by atoms with Gasteiger partial charge >= 0.3 is 6.03 Å². The van der Waals surface area contributed by atoms with Crippen LogP contribution >= 0.6 is 23.4 Å². The summed E-state index contributed by atoms with van der Waals surface area (Å²) in [6.07, 6.45) is 0. The van der Waals surface area contributed by atoms with Crippen molar-refractivity contribution < 1.29 is 9.53 Å². The van der Waals surface area contributed by atoms with E-state index in [2.05, 4.69) is 5.32 Å². The zero-order valence-corrected chi connectivity index (χ0v) is 14.2. The summed E-state index contributed by atoms with van der Waals surface area (Å²) in [5, 5.41) is 3.55. The van der Waals surface area contributed by atoms with Crippen molar-refractivity contribution in [3.05, 3.63) is 59.1 Å². The smallest absolute Gasteiger partial charge is 0.323 e. The van der Waals surface area contributed by atoms with Crippen molar-refractivity contribution in [3.63, 3.8) is 0 Å². The van der Waals surface area contributed by atoms with Gasteiger partial charge in [0.15, 0.2) is 0 Å². The second-order valence-corrected chi connectivity index (χ2v) is 6.70. The monoisotopic (exact) mass is 348 g/mol. The first kappa shape index (κ1) is 16.0. The Balaban J connectivity index is 1.77. The number of nitrogens with one attached hydrogen (secondary N) is 1. The van der Waals surface area contributed by atoms with Crippen LogP contribution in [-0.2, 0) is 0 Å². The van der Waals surface area contributed by atoms with E-state index in [1.54, 1.807) is 24.9 Å². The van der Waals surface area contributed by atoms with Crippen LogP contribution in [0.3, 0.4) is 0 Å². The lowest BCUT2D eigenvalue weighted by Gasteiger charge is -2.25. The minimum Gasteiger partial charge on any atom is -0.497 e. The summed E-state index contributed by atoms with van der Waals surface area (Å²) in [5.41, 5.74) is 1.68. The third-order valence-electron chi connectivity index (χ3n) is 3.64. The Morgan fingerprint density at radius 3 is 2.91 bits per heavy atom. The lowest BCUT2D eigenvalue weighted by atomic mass is 10.2. The molecule has 2 aromatic rings. The Bertz CT molecular complexity index is 710. The maximum absolute atomic E-state index is 12.6. The second kappa shape index (κ2) is 7.15. The number of benzene rings is 2. The van der Waals surface area contributed by atoms with Crippen LogP contribution in [0.1, 0.15) is 10.9 Å². The summed E-state index contributed by atoms with van der Waals surface area (Å²) in [4.78, 5) is 14.4. The Hall–Kier alpha value is -1.85. The number of hydrogen-bond acceptors (Lipinski definition) is 3. The third kappa shape index (κ3) is 3.57. The fourth-order valence-corrected chi connectivity index (χ4v) is 4.10. The SMILES string of the molecule is COc1cccc(NC(=O)N2CCSC2c2ccccc2Cl)c1. The molecule has 1 aliphatic rings. The molecule has 1 saturated heterocycles. The van der Waals surface area contributed by atoms with Crippen LogP contribution in [0.5, 0.6) is 5.75 Å². The summed E-state index contributed by atoms with van der Waals surface area (Å²) in [6.45, 7) is 0.691. The molecule has 2 aromatic carbocycles. The van der Waals surface area contributed by atoms with Gasteiger partial charge in [0.25, 0.3) is 0 Å². The van der Waals surface area contributed by atoms with Crippen molar-refractivity contribution in [2.45, 2.75) is 5.37 Å². The van der Waals surface area contributed by atoms with Crippen molar-refractivity contribution in [2.75, 3.05) is 24.7 Å². The number of ether oxygens (including phenoxy) is 1. The van der Waals surface area contributed by atoms with Crippen molar-refractivity contribution in [1.82, 2.24) is 4.90 Å². The molecule has 1 fully saturated rings. The van der Waals surface area contributed by atoms with Crippen molar-refractivity contribution in [2.24, 2.45) is 0 Å². The fourth-order valence-electron chi connectivity index (χ4n) is 2.51. The molecule has 0 saturated carbocycles. The van der Waals surface area contributed by atoms with E-state index in [1.807, 2.05) is 47.4 Å². The number of hydrogen-bond donors (Lipinski definition) is 1. The van der Waals surface area contributed by atoms with Gasteiger partial charge in [-0.3, -0.25) is 0 Å². The lowest BCUT2D eigenvalue weighted by Crippen LogP contribution is -2.34. The number of halogens is 1. The molecule has 0 aromatic heterocycles. The molecule has 0 aliphatic carbocycles. The predicted molar refractivity (Wildman–Crippen MR) is 95.4 cm³/mol. The minimum absolute atomic E-state index is 0.0608. The van der Waals surface area contributed by atoms with Gasteiger partial charge in [0.2, 0.25) is 0 Å². The standard InChI is InChI=1S/C17H17ClN2O2S/c1-22-13-6-4-5-12(11-13)19-17(21)20-9-10-23-16(20)14-7-2-3-8-15(14)18/h2-8,11,16H,9-10H2,1H3,(H,19,21). The summed E-state index contributed by atoms with van der Waals surface area (Å²) < 4.78 is 5.18. The molecule has 120 valence electrons. The molecule has 1 atom stereocenters.